The first-order chi connectivity index (χ1) is 12.3. The number of benzene rings is 1. The van der Waals surface area contributed by atoms with Gasteiger partial charge in [0.25, 0.3) is 10.0 Å². The molecular weight excluding hydrogens is 382 g/mol. The van der Waals surface area contributed by atoms with Crippen molar-refractivity contribution in [3.63, 3.8) is 0 Å². The van der Waals surface area contributed by atoms with Crippen molar-refractivity contribution >= 4 is 33.7 Å². The molecule has 0 bridgehead atoms. The molecule has 13 heteroatoms. The summed E-state index contributed by atoms with van der Waals surface area (Å²) in [6.07, 6.45) is 1.74. The molecule has 0 amide bonds. The molecule has 11 nitrogen and oxygen atoms in total. The summed E-state index contributed by atoms with van der Waals surface area (Å²) in [7, 11) is -1.49. The normalized spacial score (nSPS) is 10.9. The molecule has 4 N–H and O–H groups in total. The fraction of sp³-hybridized carbons (Fsp3) is 0.231. The van der Waals surface area contributed by atoms with E-state index in [1.807, 2.05) is 0 Å². The number of guanidine groups is 1. The van der Waals surface area contributed by atoms with E-state index in [9.17, 15) is 8.42 Å². The van der Waals surface area contributed by atoms with Gasteiger partial charge in [-0.25, -0.2) is 5.84 Å². The maximum Gasteiger partial charge on any atom is 0.324 e. The van der Waals surface area contributed by atoms with Crippen molar-refractivity contribution in [1.29, 1.82) is 5.41 Å². The van der Waals surface area contributed by atoms with E-state index in [1.165, 1.54) is 32.0 Å². The second kappa shape index (κ2) is 8.16. The molecule has 2 aromatic rings. The molecule has 1 aromatic carbocycles. The lowest BCUT2D eigenvalue weighted by Gasteiger charge is -2.20. The highest BCUT2D eigenvalue weighted by atomic mass is 32.2. The summed E-state index contributed by atoms with van der Waals surface area (Å²) in [5.74, 6) is 4.82. The second-order valence-electron chi connectivity index (χ2n) is 4.56. The van der Waals surface area contributed by atoms with Gasteiger partial charge in [0.1, 0.15) is 4.90 Å². The maximum absolute atomic E-state index is 12.7. The number of thioether (sulfide) groups is 1. The van der Waals surface area contributed by atoms with Crippen LogP contribution in [-0.4, -0.2) is 54.2 Å². The number of hydrogen-bond acceptors (Lipinski definition) is 10. The topological polar surface area (TPSA) is 156 Å². The molecule has 1 aromatic heterocycles. The lowest BCUT2D eigenvalue weighted by atomic mass is 10.4. The van der Waals surface area contributed by atoms with Crippen LogP contribution < -0.4 is 20.6 Å². The number of nitrogens with one attached hydrogen (secondary N) is 2. The zero-order valence-electron chi connectivity index (χ0n) is 14.1. The number of rotatable bonds is 6. The van der Waals surface area contributed by atoms with E-state index >= 15 is 0 Å². The number of hydrazine groups is 1. The largest absolute Gasteiger partial charge is 0.467 e. The Morgan fingerprint density at radius 3 is 2.31 bits per heavy atom. The van der Waals surface area contributed by atoms with E-state index in [-0.39, 0.29) is 22.9 Å². The molecule has 0 saturated carbocycles. The summed E-state index contributed by atoms with van der Waals surface area (Å²) in [5.41, 5.74) is 0. The van der Waals surface area contributed by atoms with Crippen molar-refractivity contribution in [2.24, 2.45) is 5.84 Å². The quantitative estimate of drug-likeness (QED) is 0.206. The second-order valence-corrected chi connectivity index (χ2v) is 7.19. The molecule has 0 saturated heterocycles. The predicted molar refractivity (Wildman–Crippen MR) is 95.7 cm³/mol. The van der Waals surface area contributed by atoms with Crippen LogP contribution in [0.1, 0.15) is 0 Å². The van der Waals surface area contributed by atoms with Crippen LogP contribution in [0.4, 0.5) is 5.95 Å². The minimum Gasteiger partial charge on any atom is -0.467 e. The number of anilines is 1. The molecule has 2 rings (SSSR count). The van der Waals surface area contributed by atoms with Crippen molar-refractivity contribution < 1.29 is 17.9 Å². The Labute approximate surface area is 154 Å². The van der Waals surface area contributed by atoms with Crippen LogP contribution in [0.3, 0.4) is 0 Å². The maximum atomic E-state index is 12.7. The third kappa shape index (κ3) is 4.12. The van der Waals surface area contributed by atoms with Crippen LogP contribution in [0, 0.1) is 5.41 Å². The highest BCUT2D eigenvalue weighted by Crippen LogP contribution is 2.26. The van der Waals surface area contributed by atoms with Crippen LogP contribution in [0.15, 0.2) is 34.1 Å². The predicted octanol–water partition coefficient (Wildman–Crippen LogP) is 0.522. The Bertz CT molecular complexity index is 885. The first-order valence-electron chi connectivity index (χ1n) is 6.96. The summed E-state index contributed by atoms with van der Waals surface area (Å²) in [4.78, 5) is 12.0. The van der Waals surface area contributed by atoms with Gasteiger partial charge in [-0.3, -0.25) is 10.7 Å². The zero-order chi connectivity index (χ0) is 19.3. The van der Waals surface area contributed by atoms with Gasteiger partial charge in [-0.15, -0.1) is 16.7 Å². The monoisotopic (exact) mass is 399 g/mol. The van der Waals surface area contributed by atoms with Crippen molar-refractivity contribution in [3.8, 4) is 12.0 Å². The Balaban J connectivity index is 2.29. The molecule has 26 heavy (non-hydrogen) atoms. The fourth-order valence-electron chi connectivity index (χ4n) is 1.80. The van der Waals surface area contributed by atoms with Gasteiger partial charge >= 0.3 is 12.0 Å². The Morgan fingerprint density at radius 1 is 1.19 bits per heavy atom. The minimum atomic E-state index is -4.16. The number of methoxy groups -OCH3 is 2. The third-order valence-corrected chi connectivity index (χ3v) is 5.55. The third-order valence-electron chi connectivity index (χ3n) is 3.02. The Morgan fingerprint density at radius 2 is 1.77 bits per heavy atom. The minimum absolute atomic E-state index is 0.0210. The number of nitrogens with two attached hydrogens (primary N) is 1. The average Bonchev–Trinajstić information content (AvgIpc) is 2.66. The first kappa shape index (κ1) is 19.7. The van der Waals surface area contributed by atoms with E-state index in [1.54, 1.807) is 24.5 Å². The lowest BCUT2D eigenvalue weighted by Crippen LogP contribution is -2.45. The van der Waals surface area contributed by atoms with E-state index < -0.39 is 16.0 Å². The zero-order valence-corrected chi connectivity index (χ0v) is 15.8. The highest BCUT2D eigenvalue weighted by Gasteiger charge is 2.27. The van der Waals surface area contributed by atoms with Crippen molar-refractivity contribution in [1.82, 2.24) is 19.4 Å². The van der Waals surface area contributed by atoms with Crippen LogP contribution in [0.5, 0.6) is 12.0 Å². The van der Waals surface area contributed by atoms with Gasteiger partial charge in [-0.05, 0) is 18.4 Å². The molecule has 0 radical (unpaired) electrons. The Kier molecular flexibility index (Phi) is 6.18. The van der Waals surface area contributed by atoms with E-state index in [4.69, 9.17) is 20.7 Å². The molecule has 1 heterocycles. The van der Waals surface area contributed by atoms with Gasteiger partial charge < -0.3 is 9.47 Å². The van der Waals surface area contributed by atoms with Gasteiger partial charge in [0.15, 0.2) is 0 Å². The van der Waals surface area contributed by atoms with Gasteiger partial charge in [0.05, 0.1) is 14.2 Å². The molecule has 0 spiro atoms. The number of hydrogen-bond donors (Lipinski definition) is 3. The fourth-order valence-corrected chi connectivity index (χ4v) is 3.92. The molecule has 0 aliphatic rings. The number of nitrogens with zero attached hydrogens (tertiary/aromatic N) is 4. The molecular formula is C13H17N7O4S2. The summed E-state index contributed by atoms with van der Waals surface area (Å²) in [6.45, 7) is 0. The number of aromatic nitrogens is 3. The summed E-state index contributed by atoms with van der Waals surface area (Å²) in [6, 6.07) is 6.17. The standard InChI is InChI=1S/C13H17N7O4S2/c1-23-12-17-11(18-13(19-12)24-2)16-10(14)20(15)26(21,22)9-7-5-4-6-8(9)25-3/h4-7H,15H2,1-3H3,(H2,14,16,17,18,19). The smallest absolute Gasteiger partial charge is 0.324 e. The van der Waals surface area contributed by atoms with Gasteiger partial charge in [0.2, 0.25) is 11.9 Å². The van der Waals surface area contributed by atoms with Crippen LogP contribution in [-0.2, 0) is 10.0 Å². The van der Waals surface area contributed by atoms with Crippen molar-refractivity contribution in [2.45, 2.75) is 9.79 Å². The number of ether oxygens (including phenoxy) is 2. The van der Waals surface area contributed by atoms with E-state index in [2.05, 4.69) is 20.3 Å². The van der Waals surface area contributed by atoms with E-state index in [0.717, 1.165) is 0 Å². The highest BCUT2D eigenvalue weighted by molar-refractivity contribution is 7.99. The van der Waals surface area contributed by atoms with E-state index in [0.29, 0.717) is 9.31 Å². The molecule has 0 aliphatic carbocycles. The molecule has 0 fully saturated rings. The van der Waals surface area contributed by atoms with Crippen molar-refractivity contribution in [3.05, 3.63) is 24.3 Å². The molecule has 0 atom stereocenters. The Hall–Kier alpha value is -2.64. The lowest BCUT2D eigenvalue weighted by molar-refractivity contribution is 0.341. The molecule has 0 aliphatic heterocycles. The summed E-state index contributed by atoms with van der Waals surface area (Å²) in [5, 5.41) is 10.3. The molecule has 140 valence electrons. The number of sulfonamides is 1. The molecule has 0 unspecified atom stereocenters. The van der Waals surface area contributed by atoms with Gasteiger partial charge in [-0.2, -0.15) is 22.8 Å². The van der Waals surface area contributed by atoms with Crippen LogP contribution in [0.2, 0.25) is 0 Å². The van der Waals surface area contributed by atoms with Gasteiger partial charge in [-0.1, -0.05) is 12.1 Å². The summed E-state index contributed by atoms with van der Waals surface area (Å²) < 4.78 is 35.5. The summed E-state index contributed by atoms with van der Waals surface area (Å²) >= 11 is 1.25. The SMILES string of the molecule is COc1nc(NC(=N)N(N)S(=O)(=O)c2ccccc2SC)nc(OC)n1. The first-order valence-corrected chi connectivity index (χ1v) is 9.62. The van der Waals surface area contributed by atoms with Gasteiger partial charge in [0, 0.05) is 4.90 Å². The van der Waals surface area contributed by atoms with Crippen LogP contribution in [0.25, 0.3) is 0 Å². The van der Waals surface area contributed by atoms with Crippen LogP contribution >= 0.6 is 11.8 Å². The average molecular weight is 399 g/mol. The van der Waals surface area contributed by atoms with Crippen molar-refractivity contribution in [2.75, 3.05) is 25.8 Å².